The highest BCUT2D eigenvalue weighted by Crippen LogP contribution is 2.40. The number of hydrogen-bond donors (Lipinski definition) is 1. The Morgan fingerprint density at radius 2 is 1.35 bits per heavy atom. The van der Waals surface area contributed by atoms with E-state index in [0.29, 0.717) is 12.1 Å². The smallest absolute Gasteiger partial charge is 0.282 e. The lowest BCUT2D eigenvalue weighted by Gasteiger charge is -2.33. The SMILES string of the molecule is O=S(=O)(O)c1cc(CC(c2ccc(F)cc2)N(C(F)(F)F)S(=O)(=O)c2ccccc2)cc(C(F)(F)F)c1. The summed E-state index contributed by atoms with van der Waals surface area (Å²) in [7, 11) is -10.6. The molecule has 3 rings (SSSR count). The summed E-state index contributed by atoms with van der Waals surface area (Å²) in [6.45, 7) is 0. The average molecular weight is 571 g/mol. The standard InChI is InChI=1S/C22H16F7NO5S2/c23-17-8-6-15(7-9-17)20(30(22(27,28)29)36(31,32)18-4-2-1-3-5-18)12-14-10-16(21(24,25)26)13-19(11-14)37(33,34)35/h1-11,13,20H,12H2,(H,33,34,35). The van der Waals surface area contributed by atoms with Gasteiger partial charge in [0.1, 0.15) is 5.82 Å². The lowest BCUT2D eigenvalue weighted by Crippen LogP contribution is -2.46. The Hall–Kier alpha value is -3.01. The number of hydrogen-bond acceptors (Lipinski definition) is 4. The molecule has 0 spiro atoms. The lowest BCUT2D eigenvalue weighted by atomic mass is 9.97. The van der Waals surface area contributed by atoms with Gasteiger partial charge in [0.2, 0.25) is 0 Å². The molecule has 6 nitrogen and oxygen atoms in total. The molecule has 200 valence electrons. The van der Waals surface area contributed by atoms with Crippen LogP contribution in [0.5, 0.6) is 0 Å². The van der Waals surface area contributed by atoms with Crippen LogP contribution in [0.15, 0.2) is 82.6 Å². The van der Waals surface area contributed by atoms with Crippen LogP contribution < -0.4 is 0 Å². The maximum Gasteiger partial charge on any atom is 0.474 e. The van der Waals surface area contributed by atoms with Gasteiger partial charge in [0.25, 0.3) is 20.1 Å². The summed E-state index contributed by atoms with van der Waals surface area (Å²) in [5.74, 6) is -0.889. The summed E-state index contributed by atoms with van der Waals surface area (Å²) in [4.78, 5) is -2.05. The Balaban J connectivity index is 2.28. The molecule has 0 saturated carbocycles. The third-order valence-electron chi connectivity index (χ3n) is 5.11. The zero-order chi connectivity index (χ0) is 27.8. The van der Waals surface area contributed by atoms with Gasteiger partial charge in [-0.3, -0.25) is 4.55 Å². The molecule has 37 heavy (non-hydrogen) atoms. The third kappa shape index (κ3) is 6.66. The molecular weight excluding hydrogens is 555 g/mol. The molecule has 0 saturated heterocycles. The molecule has 0 amide bonds. The zero-order valence-corrected chi connectivity index (χ0v) is 19.8. The number of halogens is 7. The topological polar surface area (TPSA) is 91.8 Å². The minimum absolute atomic E-state index is 0.0774. The molecular formula is C22H16F7NO5S2. The van der Waals surface area contributed by atoms with E-state index < -0.39 is 81.7 Å². The fraction of sp³-hybridized carbons (Fsp3) is 0.182. The van der Waals surface area contributed by atoms with Crippen LogP contribution in [0.4, 0.5) is 30.7 Å². The summed E-state index contributed by atoms with van der Waals surface area (Å²) in [5.41, 5.74) is -2.77. The molecule has 0 aliphatic heterocycles. The molecule has 1 N–H and O–H groups in total. The Kier molecular flexibility index (Phi) is 7.75. The lowest BCUT2D eigenvalue weighted by molar-refractivity contribution is -0.222. The summed E-state index contributed by atoms with van der Waals surface area (Å²) in [5, 5.41) is 0. The average Bonchev–Trinajstić information content (AvgIpc) is 2.77. The van der Waals surface area contributed by atoms with E-state index in [0.717, 1.165) is 48.5 Å². The predicted molar refractivity (Wildman–Crippen MR) is 116 cm³/mol. The molecule has 0 aliphatic rings. The maximum absolute atomic E-state index is 14.3. The highest BCUT2D eigenvalue weighted by Gasteiger charge is 2.51. The van der Waals surface area contributed by atoms with Crippen LogP contribution in [0.25, 0.3) is 0 Å². The normalized spacial score (nSPS) is 14.1. The summed E-state index contributed by atoms with van der Waals surface area (Å²) < 4.78 is 154. The van der Waals surface area contributed by atoms with Crippen molar-refractivity contribution in [3.63, 3.8) is 0 Å². The van der Waals surface area contributed by atoms with Gasteiger partial charge < -0.3 is 0 Å². The van der Waals surface area contributed by atoms with Gasteiger partial charge in [-0.25, -0.2) is 12.8 Å². The Labute approximate surface area is 206 Å². The van der Waals surface area contributed by atoms with E-state index in [1.165, 1.54) is 6.07 Å². The van der Waals surface area contributed by atoms with E-state index in [9.17, 15) is 52.1 Å². The number of sulfonamides is 1. The van der Waals surface area contributed by atoms with Gasteiger partial charge in [-0.15, -0.1) is 0 Å². The second-order valence-corrected chi connectivity index (χ2v) is 10.9. The molecule has 1 atom stereocenters. The van der Waals surface area contributed by atoms with Gasteiger partial charge in [-0.05, 0) is 60.0 Å². The van der Waals surface area contributed by atoms with Crippen LogP contribution >= 0.6 is 0 Å². The van der Waals surface area contributed by atoms with Crippen LogP contribution in [0.1, 0.15) is 22.7 Å². The molecule has 0 bridgehead atoms. The van der Waals surface area contributed by atoms with E-state index in [-0.39, 0.29) is 6.07 Å². The molecule has 0 aromatic heterocycles. The summed E-state index contributed by atoms with van der Waals surface area (Å²) >= 11 is 0. The Morgan fingerprint density at radius 1 is 0.784 bits per heavy atom. The maximum atomic E-state index is 14.3. The van der Waals surface area contributed by atoms with E-state index in [1.807, 2.05) is 0 Å². The number of alkyl halides is 6. The molecule has 3 aromatic carbocycles. The van der Waals surface area contributed by atoms with Crippen molar-refractivity contribution in [1.29, 1.82) is 0 Å². The van der Waals surface area contributed by atoms with Crippen LogP contribution in [-0.4, -0.2) is 32.0 Å². The minimum Gasteiger partial charge on any atom is -0.282 e. The number of benzene rings is 3. The van der Waals surface area contributed by atoms with Gasteiger partial charge in [0.15, 0.2) is 0 Å². The van der Waals surface area contributed by atoms with E-state index in [2.05, 4.69) is 0 Å². The summed E-state index contributed by atoms with van der Waals surface area (Å²) in [6.07, 6.45) is -11.9. The third-order valence-corrected chi connectivity index (χ3v) is 7.79. The monoisotopic (exact) mass is 571 g/mol. The van der Waals surface area contributed by atoms with Crippen LogP contribution in [0.3, 0.4) is 0 Å². The molecule has 0 aliphatic carbocycles. The second-order valence-electron chi connectivity index (χ2n) is 7.69. The first-order chi connectivity index (χ1) is 16.9. The first-order valence-electron chi connectivity index (χ1n) is 10.0. The number of rotatable bonds is 7. The van der Waals surface area contributed by atoms with E-state index in [4.69, 9.17) is 0 Å². The number of nitrogens with zero attached hydrogens (tertiary/aromatic N) is 1. The van der Waals surface area contributed by atoms with Gasteiger partial charge in [-0.1, -0.05) is 34.6 Å². The van der Waals surface area contributed by atoms with Crippen molar-refractivity contribution in [2.45, 2.75) is 34.7 Å². The van der Waals surface area contributed by atoms with E-state index >= 15 is 0 Å². The summed E-state index contributed by atoms with van der Waals surface area (Å²) in [6, 6.07) is 7.06. The molecule has 0 radical (unpaired) electrons. The second kappa shape index (κ2) is 10.0. The van der Waals surface area contributed by atoms with Crippen LogP contribution in [-0.2, 0) is 32.7 Å². The fourth-order valence-electron chi connectivity index (χ4n) is 3.52. The molecule has 15 heteroatoms. The Morgan fingerprint density at radius 3 is 1.84 bits per heavy atom. The minimum atomic E-state index is -5.62. The fourth-order valence-corrected chi connectivity index (χ4v) is 5.63. The van der Waals surface area contributed by atoms with Crippen molar-refractivity contribution in [2.75, 3.05) is 0 Å². The van der Waals surface area contributed by atoms with Crippen molar-refractivity contribution >= 4 is 20.1 Å². The highest BCUT2D eigenvalue weighted by atomic mass is 32.2. The van der Waals surface area contributed by atoms with E-state index in [1.54, 1.807) is 0 Å². The highest BCUT2D eigenvalue weighted by molar-refractivity contribution is 7.89. The Bertz CT molecular complexity index is 1470. The zero-order valence-electron chi connectivity index (χ0n) is 18.2. The van der Waals surface area contributed by atoms with Gasteiger partial charge in [-0.2, -0.15) is 34.8 Å². The van der Waals surface area contributed by atoms with Crippen molar-refractivity contribution in [2.24, 2.45) is 0 Å². The van der Waals surface area contributed by atoms with Crippen LogP contribution in [0, 0.1) is 5.82 Å². The first-order valence-corrected chi connectivity index (χ1v) is 12.9. The van der Waals surface area contributed by atoms with Crippen molar-refractivity contribution in [3.05, 3.63) is 95.3 Å². The first kappa shape index (κ1) is 28.6. The largest absolute Gasteiger partial charge is 0.474 e. The molecule has 0 fully saturated rings. The molecule has 3 aromatic rings. The van der Waals surface area contributed by atoms with Gasteiger partial charge in [0.05, 0.1) is 21.4 Å². The van der Waals surface area contributed by atoms with Gasteiger partial charge >= 0.3 is 12.5 Å². The van der Waals surface area contributed by atoms with Crippen molar-refractivity contribution in [3.8, 4) is 0 Å². The molecule has 0 heterocycles. The quantitative estimate of drug-likeness (QED) is 0.227. The molecule has 1 unspecified atom stereocenters. The van der Waals surface area contributed by atoms with Crippen molar-refractivity contribution in [1.82, 2.24) is 4.31 Å². The van der Waals surface area contributed by atoms with Crippen molar-refractivity contribution < 1.29 is 52.1 Å². The van der Waals surface area contributed by atoms with Gasteiger partial charge in [0, 0.05) is 0 Å². The van der Waals surface area contributed by atoms with Crippen LogP contribution in [0.2, 0.25) is 0 Å². The predicted octanol–water partition coefficient (Wildman–Crippen LogP) is 5.59.